The molecule has 1 amide bonds. The number of nitrogens with one attached hydrogen (secondary N) is 1. The van der Waals surface area contributed by atoms with Crippen LogP contribution in [0.5, 0.6) is 5.75 Å². The van der Waals surface area contributed by atoms with Crippen LogP contribution in [0.3, 0.4) is 0 Å². The second-order valence-corrected chi connectivity index (χ2v) is 13.6. The number of alkyl halides is 5. The Balaban J connectivity index is 1.94. The van der Waals surface area contributed by atoms with Crippen LogP contribution in [-0.4, -0.2) is 65.4 Å². The van der Waals surface area contributed by atoms with Gasteiger partial charge in [0.2, 0.25) is 0 Å². The van der Waals surface area contributed by atoms with Crippen LogP contribution in [0.25, 0.3) is 5.69 Å². The van der Waals surface area contributed by atoms with Crippen molar-refractivity contribution in [1.29, 1.82) is 0 Å². The van der Waals surface area contributed by atoms with Gasteiger partial charge in [-0.05, 0) is 55.7 Å². The van der Waals surface area contributed by atoms with Gasteiger partial charge < -0.3 is 15.2 Å². The number of sulfone groups is 1. The number of nitrogens with zero attached hydrogens (tertiary/aromatic N) is 2. The summed E-state index contributed by atoms with van der Waals surface area (Å²) in [6, 6.07) is 3.70. The summed E-state index contributed by atoms with van der Waals surface area (Å²) < 4.78 is 96.7. The van der Waals surface area contributed by atoms with Crippen LogP contribution in [0, 0.1) is 17.8 Å². The summed E-state index contributed by atoms with van der Waals surface area (Å²) in [6.45, 7) is 0.157. The number of aromatic nitrogens is 2. The van der Waals surface area contributed by atoms with E-state index in [-0.39, 0.29) is 67.1 Å². The molecule has 0 spiro atoms. The third-order valence-electron chi connectivity index (χ3n) is 7.56. The molecule has 232 valence electrons. The van der Waals surface area contributed by atoms with Crippen molar-refractivity contribution in [2.75, 3.05) is 12.8 Å². The summed E-state index contributed by atoms with van der Waals surface area (Å²) in [5.74, 6) is 1.33. The second kappa shape index (κ2) is 12.2. The molecule has 1 aromatic heterocycles. The highest BCUT2D eigenvalue weighted by molar-refractivity contribution is 7.91. The number of carbonyl (C=O) groups excluding carboxylic acids is 1. The molecule has 14 heteroatoms. The van der Waals surface area contributed by atoms with Crippen LogP contribution in [0.15, 0.2) is 18.2 Å². The molecule has 8 nitrogen and oxygen atoms in total. The number of hydrogen-bond donors (Lipinski definition) is 2. The molecular weight excluding hydrogens is 585 g/mol. The smallest absolute Gasteiger partial charge is 0.394 e. The number of carbonyl (C=O) groups is 1. The maximum absolute atomic E-state index is 13.5. The molecule has 1 aliphatic rings. The number of benzene rings is 1. The van der Waals surface area contributed by atoms with Gasteiger partial charge >= 0.3 is 12.8 Å². The Morgan fingerprint density at radius 2 is 1.90 bits per heavy atom. The van der Waals surface area contributed by atoms with Crippen molar-refractivity contribution in [1.82, 2.24) is 14.9 Å². The lowest BCUT2D eigenvalue weighted by Crippen LogP contribution is -2.47. The van der Waals surface area contributed by atoms with Gasteiger partial charge in [0.1, 0.15) is 27.1 Å². The van der Waals surface area contributed by atoms with Gasteiger partial charge in [-0.25, -0.2) is 13.4 Å². The molecule has 1 heterocycles. The van der Waals surface area contributed by atoms with Crippen molar-refractivity contribution in [2.45, 2.75) is 82.9 Å². The van der Waals surface area contributed by atoms with Gasteiger partial charge in [-0.15, -0.1) is 6.42 Å². The lowest BCUT2D eigenvalue weighted by Gasteiger charge is -2.35. The van der Waals surface area contributed by atoms with Crippen molar-refractivity contribution in [3.05, 3.63) is 41.0 Å². The first-order valence-corrected chi connectivity index (χ1v) is 15.2. The van der Waals surface area contributed by atoms with E-state index in [0.717, 1.165) is 26.2 Å². The lowest BCUT2D eigenvalue weighted by molar-refractivity contribution is -0.211. The van der Waals surface area contributed by atoms with Crippen molar-refractivity contribution < 1.29 is 45.0 Å². The molecule has 1 fully saturated rings. The summed E-state index contributed by atoms with van der Waals surface area (Å²) in [6.07, 6.45) is 2.75. The molecule has 0 saturated heterocycles. The zero-order chi connectivity index (χ0) is 31.7. The summed E-state index contributed by atoms with van der Waals surface area (Å²) in [4.78, 5) is 17.5. The van der Waals surface area contributed by atoms with E-state index in [9.17, 15) is 40.3 Å². The normalized spacial score (nSPS) is 19.9. The molecule has 2 aromatic rings. The van der Waals surface area contributed by atoms with E-state index < -0.39 is 57.0 Å². The average molecular weight is 620 g/mol. The van der Waals surface area contributed by atoms with E-state index in [4.69, 9.17) is 6.42 Å². The van der Waals surface area contributed by atoms with E-state index in [1.165, 1.54) is 16.7 Å². The van der Waals surface area contributed by atoms with Gasteiger partial charge in [0.05, 0.1) is 22.0 Å². The quantitative estimate of drug-likeness (QED) is 0.297. The SMILES string of the molecule is C#Cc1c(C(=O)NC[C@]2(O)CC[C@@H](S(C)(=O)=O)CC2)nc(CC)n1-c1ccc(CC(C)(C)C(F)(F)F)cc1OC(F)F. The molecule has 0 unspecified atom stereocenters. The highest BCUT2D eigenvalue weighted by atomic mass is 32.2. The van der Waals surface area contributed by atoms with Gasteiger partial charge in [0.15, 0.2) is 5.69 Å². The average Bonchev–Trinajstić information content (AvgIpc) is 3.24. The largest absolute Gasteiger partial charge is 0.433 e. The number of terminal acetylenes is 1. The van der Waals surface area contributed by atoms with Crippen LogP contribution in [0.1, 0.15) is 74.0 Å². The third-order valence-corrected chi connectivity index (χ3v) is 9.24. The number of halogens is 5. The highest BCUT2D eigenvalue weighted by Crippen LogP contribution is 2.41. The van der Waals surface area contributed by atoms with Crippen LogP contribution < -0.4 is 10.1 Å². The minimum absolute atomic E-state index is 0.0436. The maximum Gasteiger partial charge on any atom is 0.394 e. The summed E-state index contributed by atoms with van der Waals surface area (Å²) in [7, 11) is -3.26. The van der Waals surface area contributed by atoms with Crippen molar-refractivity contribution >= 4 is 15.7 Å². The predicted octanol–water partition coefficient (Wildman–Crippen LogP) is 4.60. The summed E-state index contributed by atoms with van der Waals surface area (Å²) in [5.41, 5.74) is -3.79. The molecule has 0 radical (unpaired) electrons. The second-order valence-electron chi connectivity index (χ2n) is 11.2. The minimum Gasteiger partial charge on any atom is -0.433 e. The molecule has 1 saturated carbocycles. The van der Waals surface area contributed by atoms with Gasteiger partial charge in [-0.1, -0.05) is 26.8 Å². The molecule has 1 aliphatic carbocycles. The monoisotopic (exact) mass is 619 g/mol. The first-order valence-electron chi connectivity index (χ1n) is 13.2. The zero-order valence-corrected chi connectivity index (χ0v) is 24.5. The van der Waals surface area contributed by atoms with E-state index in [0.29, 0.717) is 0 Å². The summed E-state index contributed by atoms with van der Waals surface area (Å²) >= 11 is 0. The van der Waals surface area contributed by atoms with Crippen LogP contribution >= 0.6 is 0 Å². The first kappa shape index (κ1) is 33.3. The number of amides is 1. The standard InChI is InChI=1S/C28H34F5N3O5S/c1-6-19-23(24(37)34-16-27(38)12-10-18(11-13-27)42(5,39)40)35-22(7-2)36(19)20-9-8-17(14-21(20)41-25(29)30)15-26(3,4)28(31,32)33/h1,8-9,14,18,25,38H,7,10-13,15-16H2,2-5H3,(H,34,37)/t18-,27+. The third kappa shape index (κ3) is 7.42. The Morgan fingerprint density at radius 3 is 2.40 bits per heavy atom. The summed E-state index contributed by atoms with van der Waals surface area (Å²) in [5, 5.41) is 12.9. The topological polar surface area (TPSA) is 111 Å². The lowest BCUT2D eigenvalue weighted by atomic mass is 9.84. The van der Waals surface area contributed by atoms with E-state index in [1.54, 1.807) is 6.92 Å². The van der Waals surface area contributed by atoms with E-state index in [2.05, 4.69) is 21.0 Å². The molecule has 0 aliphatic heterocycles. The molecule has 0 atom stereocenters. The Bertz CT molecular complexity index is 1450. The highest BCUT2D eigenvalue weighted by Gasteiger charge is 2.47. The predicted molar refractivity (Wildman–Crippen MR) is 145 cm³/mol. The molecule has 0 bridgehead atoms. The van der Waals surface area contributed by atoms with Gasteiger partial charge in [-0.3, -0.25) is 9.36 Å². The van der Waals surface area contributed by atoms with E-state index in [1.807, 2.05) is 0 Å². The number of aryl methyl sites for hydroxylation is 1. The van der Waals surface area contributed by atoms with E-state index >= 15 is 0 Å². The molecule has 3 rings (SSSR count). The molecule has 1 aromatic carbocycles. The number of hydrogen-bond acceptors (Lipinski definition) is 6. The number of rotatable bonds is 10. The van der Waals surface area contributed by atoms with Gasteiger partial charge in [0.25, 0.3) is 5.91 Å². The fourth-order valence-electron chi connectivity index (χ4n) is 4.97. The first-order chi connectivity index (χ1) is 19.3. The van der Waals surface area contributed by atoms with Crippen LogP contribution in [0.2, 0.25) is 0 Å². The zero-order valence-electron chi connectivity index (χ0n) is 23.7. The Morgan fingerprint density at radius 1 is 1.29 bits per heavy atom. The van der Waals surface area contributed by atoms with Crippen molar-refractivity contribution in [3.63, 3.8) is 0 Å². The fraction of sp³-hybridized carbons (Fsp3) is 0.571. The molecule has 42 heavy (non-hydrogen) atoms. The van der Waals surface area contributed by atoms with Crippen LogP contribution in [-0.2, 0) is 22.7 Å². The molecular formula is C28H34F5N3O5S. The number of imidazole rings is 1. The Labute approximate surface area is 241 Å². The number of aliphatic hydroxyl groups is 1. The van der Waals surface area contributed by atoms with Gasteiger partial charge in [-0.2, -0.15) is 22.0 Å². The number of ether oxygens (including phenoxy) is 1. The van der Waals surface area contributed by atoms with Crippen LogP contribution in [0.4, 0.5) is 22.0 Å². The maximum atomic E-state index is 13.5. The van der Waals surface area contributed by atoms with Gasteiger partial charge in [0, 0.05) is 19.2 Å². The fourth-order valence-corrected chi connectivity index (χ4v) is 6.06. The van der Waals surface area contributed by atoms with Crippen molar-refractivity contribution in [2.24, 2.45) is 5.41 Å². The van der Waals surface area contributed by atoms with Crippen molar-refractivity contribution in [3.8, 4) is 23.8 Å². The Hall–Kier alpha value is -3.18. The Kier molecular flexibility index (Phi) is 9.68. The molecule has 2 N–H and O–H groups in total. The minimum atomic E-state index is -4.55.